The van der Waals surface area contributed by atoms with E-state index in [1.54, 1.807) is 30.7 Å². The molecular formula is C26H29N5O4. The minimum Gasteiger partial charge on any atom is -0.481 e. The molecule has 0 fully saturated rings. The van der Waals surface area contributed by atoms with Crippen LogP contribution in [0.5, 0.6) is 0 Å². The molecule has 9 heteroatoms. The van der Waals surface area contributed by atoms with E-state index < -0.39 is 17.9 Å². The molecule has 3 aromatic rings. The molecule has 0 aliphatic heterocycles. The van der Waals surface area contributed by atoms with Crippen LogP contribution in [0.15, 0.2) is 67.1 Å². The van der Waals surface area contributed by atoms with Gasteiger partial charge >= 0.3 is 5.97 Å². The second kappa shape index (κ2) is 12.8. The van der Waals surface area contributed by atoms with E-state index in [1.807, 2.05) is 43.3 Å². The first-order valence-electron chi connectivity index (χ1n) is 11.4. The molecule has 2 heterocycles. The van der Waals surface area contributed by atoms with Crippen LogP contribution in [0, 0.1) is 6.92 Å². The molecule has 0 aliphatic rings. The Balaban J connectivity index is 1.45. The van der Waals surface area contributed by atoms with Crippen LogP contribution in [0.4, 0.5) is 5.82 Å². The molecule has 3 rings (SSSR count). The van der Waals surface area contributed by atoms with E-state index in [2.05, 4.69) is 25.9 Å². The van der Waals surface area contributed by atoms with Gasteiger partial charge in [-0.05, 0) is 59.9 Å². The molecule has 1 unspecified atom stereocenters. The van der Waals surface area contributed by atoms with Gasteiger partial charge in [-0.15, -0.1) is 0 Å². The molecule has 0 bridgehead atoms. The van der Waals surface area contributed by atoms with Crippen molar-refractivity contribution in [1.82, 2.24) is 20.6 Å². The molecular weight excluding hydrogens is 446 g/mol. The Morgan fingerprint density at radius 3 is 2.34 bits per heavy atom. The number of carbonyl (C=O) groups is 3. The van der Waals surface area contributed by atoms with Gasteiger partial charge in [0.05, 0.1) is 19.0 Å². The van der Waals surface area contributed by atoms with Gasteiger partial charge in [0.15, 0.2) is 0 Å². The van der Waals surface area contributed by atoms with E-state index in [0.717, 1.165) is 22.5 Å². The van der Waals surface area contributed by atoms with Crippen molar-refractivity contribution >= 4 is 23.6 Å². The summed E-state index contributed by atoms with van der Waals surface area (Å²) in [4.78, 5) is 44.0. The van der Waals surface area contributed by atoms with E-state index in [0.29, 0.717) is 18.5 Å². The highest BCUT2D eigenvalue weighted by atomic mass is 16.4. The number of aliphatic carboxylic acids is 1. The highest BCUT2D eigenvalue weighted by molar-refractivity contribution is 5.85. The van der Waals surface area contributed by atoms with Crippen LogP contribution in [-0.4, -0.2) is 45.9 Å². The Hall–Kier alpha value is -4.27. The SMILES string of the molecule is Cc1ccnc(NCCCC(=O)NCC(=O)NC(CC(=O)O)c2ccc(-c3ccncc3)cc2)c1. The predicted molar refractivity (Wildman–Crippen MR) is 133 cm³/mol. The minimum absolute atomic E-state index is 0.225. The van der Waals surface area contributed by atoms with Crippen LogP contribution >= 0.6 is 0 Å². The number of nitrogens with zero attached hydrogens (tertiary/aromatic N) is 2. The lowest BCUT2D eigenvalue weighted by atomic mass is 9.99. The van der Waals surface area contributed by atoms with Crippen LogP contribution in [0.1, 0.15) is 36.4 Å². The summed E-state index contributed by atoms with van der Waals surface area (Å²) < 4.78 is 0. The van der Waals surface area contributed by atoms with Crippen LogP contribution in [0.3, 0.4) is 0 Å². The molecule has 0 spiro atoms. The zero-order valence-corrected chi connectivity index (χ0v) is 19.5. The average molecular weight is 476 g/mol. The van der Waals surface area contributed by atoms with Crippen LogP contribution in [-0.2, 0) is 14.4 Å². The Bertz CT molecular complexity index is 1140. The van der Waals surface area contributed by atoms with Crippen molar-refractivity contribution in [2.45, 2.75) is 32.2 Å². The number of aromatic nitrogens is 2. The molecule has 0 saturated heterocycles. The van der Waals surface area contributed by atoms with Gasteiger partial charge in [0.2, 0.25) is 11.8 Å². The molecule has 1 atom stereocenters. The summed E-state index contributed by atoms with van der Waals surface area (Å²) in [6.45, 7) is 2.33. The fourth-order valence-corrected chi connectivity index (χ4v) is 3.49. The summed E-state index contributed by atoms with van der Waals surface area (Å²) in [5.74, 6) is -0.989. The number of hydrogen-bond acceptors (Lipinski definition) is 6. The Morgan fingerprint density at radius 2 is 1.66 bits per heavy atom. The number of nitrogens with one attached hydrogen (secondary N) is 3. The molecule has 4 N–H and O–H groups in total. The standard InChI is InChI=1S/C26H29N5O4/c1-18-8-14-29-23(15-18)28-11-2-3-24(32)30-17-25(33)31-22(16-26(34)35)21-6-4-19(5-7-21)20-9-12-27-13-10-20/h4-10,12-15,22H,2-3,11,16-17H2,1H3,(H,28,29)(H,30,32)(H,31,33)(H,34,35). The lowest BCUT2D eigenvalue weighted by molar-refractivity contribution is -0.138. The quantitative estimate of drug-likeness (QED) is 0.296. The van der Waals surface area contributed by atoms with Gasteiger partial charge in [-0.3, -0.25) is 19.4 Å². The molecule has 182 valence electrons. The molecule has 0 saturated carbocycles. The summed E-state index contributed by atoms with van der Waals surface area (Å²) in [7, 11) is 0. The van der Waals surface area contributed by atoms with Crippen molar-refractivity contribution in [1.29, 1.82) is 0 Å². The van der Waals surface area contributed by atoms with Crippen molar-refractivity contribution in [2.24, 2.45) is 0 Å². The zero-order valence-electron chi connectivity index (χ0n) is 19.5. The Morgan fingerprint density at radius 1 is 0.943 bits per heavy atom. The van der Waals surface area contributed by atoms with E-state index in [9.17, 15) is 19.5 Å². The van der Waals surface area contributed by atoms with Gasteiger partial charge < -0.3 is 21.1 Å². The number of amides is 2. The maximum Gasteiger partial charge on any atom is 0.305 e. The number of carbonyl (C=O) groups excluding carboxylic acids is 2. The summed E-state index contributed by atoms with van der Waals surface area (Å²) in [5.41, 5.74) is 3.70. The molecule has 0 aliphatic carbocycles. The monoisotopic (exact) mass is 475 g/mol. The van der Waals surface area contributed by atoms with Gasteiger partial charge in [-0.2, -0.15) is 0 Å². The number of hydrogen-bond donors (Lipinski definition) is 4. The van der Waals surface area contributed by atoms with Gasteiger partial charge in [0.1, 0.15) is 5.82 Å². The topological polar surface area (TPSA) is 133 Å². The number of carboxylic acid groups (broad SMARTS) is 1. The first kappa shape index (κ1) is 25.4. The molecule has 2 amide bonds. The Kier molecular flexibility index (Phi) is 9.30. The third-order valence-corrected chi connectivity index (χ3v) is 5.29. The summed E-state index contributed by atoms with van der Waals surface area (Å²) in [6, 6.07) is 14.2. The molecule has 35 heavy (non-hydrogen) atoms. The van der Waals surface area contributed by atoms with Crippen LogP contribution < -0.4 is 16.0 Å². The normalized spacial score (nSPS) is 11.3. The fourth-order valence-electron chi connectivity index (χ4n) is 3.49. The smallest absolute Gasteiger partial charge is 0.305 e. The second-order valence-electron chi connectivity index (χ2n) is 8.10. The van der Waals surface area contributed by atoms with Gasteiger partial charge in [-0.25, -0.2) is 4.98 Å². The van der Waals surface area contributed by atoms with Crippen molar-refractivity contribution in [3.05, 3.63) is 78.2 Å². The second-order valence-corrected chi connectivity index (χ2v) is 8.10. The molecule has 1 aromatic carbocycles. The highest BCUT2D eigenvalue weighted by Gasteiger charge is 2.18. The van der Waals surface area contributed by atoms with Crippen molar-refractivity contribution in [2.75, 3.05) is 18.4 Å². The fraction of sp³-hybridized carbons (Fsp3) is 0.269. The van der Waals surface area contributed by atoms with Crippen molar-refractivity contribution < 1.29 is 19.5 Å². The highest BCUT2D eigenvalue weighted by Crippen LogP contribution is 2.23. The number of aryl methyl sites for hydroxylation is 1. The summed E-state index contributed by atoms with van der Waals surface area (Å²) in [6.07, 6.45) is 5.67. The summed E-state index contributed by atoms with van der Waals surface area (Å²) >= 11 is 0. The van der Waals surface area contributed by atoms with E-state index in [4.69, 9.17) is 0 Å². The van der Waals surface area contributed by atoms with Gasteiger partial charge in [0, 0.05) is 31.6 Å². The summed E-state index contributed by atoms with van der Waals surface area (Å²) in [5, 5.41) is 17.7. The minimum atomic E-state index is -1.03. The average Bonchev–Trinajstić information content (AvgIpc) is 2.85. The van der Waals surface area contributed by atoms with E-state index >= 15 is 0 Å². The third kappa shape index (κ3) is 8.54. The number of pyridine rings is 2. The van der Waals surface area contributed by atoms with E-state index in [1.165, 1.54) is 0 Å². The number of anilines is 1. The molecule has 9 nitrogen and oxygen atoms in total. The van der Waals surface area contributed by atoms with Crippen molar-refractivity contribution in [3.8, 4) is 11.1 Å². The number of rotatable bonds is 12. The number of carboxylic acids is 1. The molecule has 0 radical (unpaired) electrons. The maximum atomic E-state index is 12.4. The van der Waals surface area contributed by atoms with E-state index in [-0.39, 0.29) is 25.3 Å². The lowest BCUT2D eigenvalue weighted by Crippen LogP contribution is -2.39. The van der Waals surface area contributed by atoms with Gasteiger partial charge in [-0.1, -0.05) is 24.3 Å². The Labute approximate surface area is 204 Å². The lowest BCUT2D eigenvalue weighted by Gasteiger charge is -2.18. The van der Waals surface area contributed by atoms with Crippen LogP contribution in [0.2, 0.25) is 0 Å². The van der Waals surface area contributed by atoms with Crippen molar-refractivity contribution in [3.63, 3.8) is 0 Å². The maximum absolute atomic E-state index is 12.4. The number of benzene rings is 1. The van der Waals surface area contributed by atoms with Crippen LogP contribution in [0.25, 0.3) is 11.1 Å². The zero-order chi connectivity index (χ0) is 25.0. The first-order valence-corrected chi connectivity index (χ1v) is 11.4. The van der Waals surface area contributed by atoms with Gasteiger partial charge in [0.25, 0.3) is 0 Å². The predicted octanol–water partition coefficient (Wildman–Crippen LogP) is 3.09. The third-order valence-electron chi connectivity index (χ3n) is 5.29. The largest absolute Gasteiger partial charge is 0.481 e. The first-order chi connectivity index (χ1) is 16.9. The molecule has 2 aromatic heterocycles.